The molecule has 1 aliphatic carbocycles. The molecule has 0 aliphatic heterocycles. The second kappa shape index (κ2) is 6.29. The van der Waals surface area contributed by atoms with Crippen LogP contribution in [0.3, 0.4) is 0 Å². The molecule has 1 heterocycles. The maximum atomic E-state index is 4.87. The van der Waals surface area contributed by atoms with Crippen LogP contribution in [0.2, 0.25) is 0 Å². The molecule has 0 atom stereocenters. The van der Waals surface area contributed by atoms with Crippen LogP contribution in [0.15, 0.2) is 66.9 Å². The molecule has 0 unspecified atom stereocenters. The highest BCUT2D eigenvalue weighted by molar-refractivity contribution is 6.12. The van der Waals surface area contributed by atoms with E-state index in [9.17, 15) is 0 Å². The Kier molecular flexibility index (Phi) is 3.93. The van der Waals surface area contributed by atoms with Crippen molar-refractivity contribution in [2.75, 3.05) is 0 Å². The third-order valence-corrected chi connectivity index (χ3v) is 6.20. The summed E-state index contributed by atoms with van der Waals surface area (Å²) in [6, 6.07) is 22.6. The largest absolute Gasteiger partial charge is 0.256 e. The molecule has 3 aromatic carbocycles. The smallest absolute Gasteiger partial charge is 0.0792 e. The van der Waals surface area contributed by atoms with E-state index in [0.29, 0.717) is 5.92 Å². The molecule has 0 fully saturated rings. The Hall–Kier alpha value is -2.93. The zero-order chi connectivity index (χ0) is 20.3. The fourth-order valence-corrected chi connectivity index (χ4v) is 4.47. The lowest BCUT2D eigenvalue weighted by molar-refractivity contribution is 0.591. The summed E-state index contributed by atoms with van der Waals surface area (Å²) in [5.41, 5.74) is 10.4. The minimum absolute atomic E-state index is 0.0886. The van der Waals surface area contributed by atoms with Gasteiger partial charge in [0.25, 0.3) is 0 Å². The van der Waals surface area contributed by atoms with Crippen LogP contribution in [0.25, 0.3) is 44.3 Å². The van der Waals surface area contributed by atoms with Gasteiger partial charge in [0.1, 0.15) is 0 Å². The van der Waals surface area contributed by atoms with E-state index in [0.717, 1.165) is 5.69 Å². The molecule has 144 valence electrons. The fraction of sp³-hybridized carbons (Fsp3) is 0.250. The highest BCUT2D eigenvalue weighted by Gasteiger charge is 2.25. The molecule has 5 rings (SSSR count). The molecule has 0 bridgehead atoms. The van der Waals surface area contributed by atoms with Crippen molar-refractivity contribution in [1.29, 1.82) is 0 Å². The lowest BCUT2D eigenvalue weighted by atomic mass is 9.82. The molecule has 0 amide bonds. The molecule has 0 saturated heterocycles. The van der Waals surface area contributed by atoms with E-state index >= 15 is 0 Å². The van der Waals surface area contributed by atoms with Gasteiger partial charge in [-0.1, -0.05) is 83.1 Å². The SMILES string of the molecule is CC(C)c1ccc2c(c1)-c1ccccc1-c1nccc3cc(C(C)(C)C)cc-2c13. The summed E-state index contributed by atoms with van der Waals surface area (Å²) in [4.78, 5) is 4.87. The third kappa shape index (κ3) is 2.80. The van der Waals surface area contributed by atoms with Crippen LogP contribution < -0.4 is 0 Å². The molecule has 1 aliphatic rings. The van der Waals surface area contributed by atoms with Crippen molar-refractivity contribution in [3.05, 3.63) is 78.0 Å². The van der Waals surface area contributed by atoms with Crippen molar-refractivity contribution < 1.29 is 0 Å². The number of benzene rings is 3. The van der Waals surface area contributed by atoms with Gasteiger partial charge in [0.2, 0.25) is 0 Å². The highest BCUT2D eigenvalue weighted by atomic mass is 14.7. The Morgan fingerprint density at radius 1 is 0.724 bits per heavy atom. The molecule has 0 saturated carbocycles. The zero-order valence-corrected chi connectivity index (χ0v) is 17.9. The van der Waals surface area contributed by atoms with Gasteiger partial charge in [0.15, 0.2) is 0 Å². The van der Waals surface area contributed by atoms with E-state index in [4.69, 9.17) is 4.98 Å². The number of fused-ring (bicyclic) bond motifs is 5. The number of nitrogens with zero attached hydrogens (tertiary/aromatic N) is 1. The van der Waals surface area contributed by atoms with E-state index in [1.807, 2.05) is 6.20 Å². The van der Waals surface area contributed by atoms with E-state index in [1.165, 1.54) is 49.7 Å². The quantitative estimate of drug-likeness (QED) is 0.289. The van der Waals surface area contributed by atoms with Gasteiger partial charge in [-0.25, -0.2) is 0 Å². The maximum Gasteiger partial charge on any atom is 0.0792 e. The number of pyridine rings is 1. The maximum absolute atomic E-state index is 4.87. The number of rotatable bonds is 1. The topological polar surface area (TPSA) is 12.9 Å². The summed E-state index contributed by atoms with van der Waals surface area (Å²) in [7, 11) is 0. The molecule has 0 N–H and O–H groups in total. The monoisotopic (exact) mass is 377 g/mol. The summed E-state index contributed by atoms with van der Waals surface area (Å²) in [5, 5.41) is 2.54. The number of hydrogen-bond donors (Lipinski definition) is 0. The van der Waals surface area contributed by atoms with Gasteiger partial charge in [-0.05, 0) is 62.2 Å². The van der Waals surface area contributed by atoms with Crippen LogP contribution in [0.1, 0.15) is 51.7 Å². The van der Waals surface area contributed by atoms with E-state index in [2.05, 4.69) is 95.3 Å². The first kappa shape index (κ1) is 18.1. The summed E-state index contributed by atoms with van der Waals surface area (Å²) >= 11 is 0. The molecule has 0 radical (unpaired) electrons. The first-order chi connectivity index (χ1) is 13.8. The fourth-order valence-electron chi connectivity index (χ4n) is 4.47. The summed E-state index contributed by atoms with van der Waals surface area (Å²) in [5.74, 6) is 0.497. The molecular formula is C28H27N. The van der Waals surface area contributed by atoms with Crippen LogP contribution in [0.4, 0.5) is 0 Å². The lowest BCUT2D eigenvalue weighted by Crippen LogP contribution is -2.11. The molecule has 29 heavy (non-hydrogen) atoms. The van der Waals surface area contributed by atoms with Crippen molar-refractivity contribution in [3.8, 4) is 33.5 Å². The minimum atomic E-state index is 0.0886. The standard InChI is InChI=1S/C28H27N/c1-17(2)18-10-11-22-24(15-18)21-8-6-7-9-23(21)27-26-19(12-13-29-27)14-20(16-25(22)26)28(3,4)5/h6-17H,1-5H3. The van der Waals surface area contributed by atoms with Gasteiger partial charge in [0, 0.05) is 17.1 Å². The van der Waals surface area contributed by atoms with Gasteiger partial charge in [-0.2, -0.15) is 0 Å². The second-order valence-electron chi connectivity index (χ2n) is 9.54. The van der Waals surface area contributed by atoms with Gasteiger partial charge in [0.05, 0.1) is 5.69 Å². The van der Waals surface area contributed by atoms with Gasteiger partial charge < -0.3 is 0 Å². The molecule has 0 spiro atoms. The molecule has 1 heteroatoms. The van der Waals surface area contributed by atoms with Crippen molar-refractivity contribution in [2.45, 2.75) is 46.0 Å². The Bertz CT molecular complexity index is 1260. The van der Waals surface area contributed by atoms with Crippen LogP contribution in [-0.4, -0.2) is 4.98 Å². The molecular weight excluding hydrogens is 350 g/mol. The average molecular weight is 378 g/mol. The molecule has 4 aromatic rings. The summed E-state index contributed by atoms with van der Waals surface area (Å²) < 4.78 is 0. The van der Waals surface area contributed by atoms with Gasteiger partial charge >= 0.3 is 0 Å². The van der Waals surface area contributed by atoms with Crippen molar-refractivity contribution in [2.24, 2.45) is 0 Å². The minimum Gasteiger partial charge on any atom is -0.256 e. The summed E-state index contributed by atoms with van der Waals surface area (Å²) in [6.07, 6.45) is 1.96. The lowest BCUT2D eigenvalue weighted by Gasteiger charge is -2.22. The Morgan fingerprint density at radius 3 is 2.17 bits per heavy atom. The number of aromatic nitrogens is 1. The first-order valence-electron chi connectivity index (χ1n) is 10.5. The van der Waals surface area contributed by atoms with Crippen LogP contribution in [0.5, 0.6) is 0 Å². The van der Waals surface area contributed by atoms with E-state index in [-0.39, 0.29) is 5.41 Å². The van der Waals surface area contributed by atoms with Gasteiger partial charge in [-0.15, -0.1) is 0 Å². The normalized spacial score (nSPS) is 12.6. The predicted octanol–water partition coefficient (Wildman–Crippen LogP) is 7.97. The van der Waals surface area contributed by atoms with E-state index in [1.54, 1.807) is 0 Å². The molecule has 1 nitrogen and oxygen atoms in total. The molecule has 1 aromatic heterocycles. The third-order valence-electron chi connectivity index (χ3n) is 6.20. The second-order valence-corrected chi connectivity index (χ2v) is 9.54. The Labute approximate surface area is 173 Å². The zero-order valence-electron chi connectivity index (χ0n) is 17.9. The summed E-state index contributed by atoms with van der Waals surface area (Å²) in [6.45, 7) is 11.4. The van der Waals surface area contributed by atoms with Crippen LogP contribution >= 0.6 is 0 Å². The highest BCUT2D eigenvalue weighted by Crippen LogP contribution is 2.48. The van der Waals surface area contributed by atoms with Crippen LogP contribution in [-0.2, 0) is 5.41 Å². The van der Waals surface area contributed by atoms with Crippen molar-refractivity contribution in [3.63, 3.8) is 0 Å². The Balaban J connectivity index is 1.98. The predicted molar refractivity (Wildman–Crippen MR) is 124 cm³/mol. The van der Waals surface area contributed by atoms with E-state index < -0.39 is 0 Å². The van der Waals surface area contributed by atoms with Crippen molar-refractivity contribution >= 4 is 10.8 Å². The Morgan fingerprint density at radius 2 is 1.45 bits per heavy atom. The number of hydrogen-bond acceptors (Lipinski definition) is 1. The van der Waals surface area contributed by atoms with Crippen LogP contribution in [0, 0.1) is 0 Å². The first-order valence-corrected chi connectivity index (χ1v) is 10.5. The average Bonchev–Trinajstić information content (AvgIpc) is 2.82. The van der Waals surface area contributed by atoms with Crippen molar-refractivity contribution in [1.82, 2.24) is 4.98 Å². The van der Waals surface area contributed by atoms with Gasteiger partial charge in [-0.3, -0.25) is 4.98 Å².